The minimum absolute atomic E-state index is 0.00631. The number of nitrogens with one attached hydrogen (secondary N) is 4. The molecule has 8 atom stereocenters. The second-order valence-corrected chi connectivity index (χ2v) is 15.6. The van der Waals surface area contributed by atoms with Crippen LogP contribution in [0.3, 0.4) is 0 Å². The van der Waals surface area contributed by atoms with Gasteiger partial charge in [-0.3, -0.25) is 9.59 Å². The molecule has 47 heavy (non-hydrogen) atoms. The summed E-state index contributed by atoms with van der Waals surface area (Å²) in [7, 11) is 0. The molecule has 0 saturated carbocycles. The molecule has 6 unspecified atom stereocenters. The summed E-state index contributed by atoms with van der Waals surface area (Å²) < 4.78 is 0. The normalized spacial score (nSPS) is 34.8. The quantitative estimate of drug-likeness (QED) is 0.146. The van der Waals surface area contributed by atoms with E-state index in [9.17, 15) is 9.59 Å². The van der Waals surface area contributed by atoms with Crippen LogP contribution < -0.4 is 20.4 Å². The fourth-order valence-corrected chi connectivity index (χ4v) is 9.01. The molecular weight excluding hydrogens is 580 g/mol. The van der Waals surface area contributed by atoms with Crippen molar-refractivity contribution in [1.29, 1.82) is 0 Å². The largest absolute Gasteiger partial charge is 0.352 e. The van der Waals surface area contributed by atoms with E-state index < -0.39 is 0 Å². The lowest BCUT2D eigenvalue weighted by molar-refractivity contribution is -0.900. The van der Waals surface area contributed by atoms with Crippen LogP contribution >= 0.6 is 0 Å². The molecule has 1 aliphatic carbocycles. The molecule has 0 aromatic carbocycles. The van der Waals surface area contributed by atoms with Gasteiger partial charge in [0.2, 0.25) is 11.8 Å². The maximum atomic E-state index is 12.8. The van der Waals surface area contributed by atoms with Crippen molar-refractivity contribution < 1.29 is 19.4 Å². The van der Waals surface area contributed by atoms with E-state index >= 15 is 0 Å². The number of hydrogen-bond acceptors (Lipinski definition) is 2. The van der Waals surface area contributed by atoms with Gasteiger partial charge in [0.1, 0.15) is 0 Å². The predicted molar refractivity (Wildman–Crippen MR) is 193 cm³/mol. The Kier molecular flexibility index (Phi) is 12.4. The SMILES string of the molecule is CC1=C[C@H](/C=C(C)/C=C/C=C(\C)C(=O)NCC2CC[NH+]3CCCC23)[C@@](C)(/C=C/C=C(C)/C=C/C(=O)NCC2CC[NH+]3CCCC23)CC1. The van der Waals surface area contributed by atoms with Gasteiger partial charge in [-0.2, -0.15) is 0 Å². The monoisotopic (exact) mass is 642 g/mol. The Labute approximate surface area is 284 Å². The van der Waals surface area contributed by atoms with Crippen molar-refractivity contribution in [2.75, 3.05) is 39.3 Å². The highest BCUT2D eigenvalue weighted by Gasteiger charge is 2.42. The molecule has 4 saturated heterocycles. The van der Waals surface area contributed by atoms with Crippen LogP contribution in [0, 0.1) is 23.2 Å². The van der Waals surface area contributed by atoms with E-state index in [1.165, 1.54) is 75.9 Å². The smallest absolute Gasteiger partial charge is 0.246 e. The molecule has 4 heterocycles. The molecule has 6 heteroatoms. The number of hydrogen-bond donors (Lipinski definition) is 4. The van der Waals surface area contributed by atoms with E-state index in [1.54, 1.807) is 15.9 Å². The Hall–Kier alpha value is -2.96. The maximum Gasteiger partial charge on any atom is 0.246 e. The zero-order chi connectivity index (χ0) is 33.4. The van der Waals surface area contributed by atoms with Gasteiger partial charge in [-0.25, -0.2) is 0 Å². The molecule has 0 radical (unpaired) electrons. The number of fused-ring (bicyclic) bond motifs is 2. The van der Waals surface area contributed by atoms with E-state index in [-0.39, 0.29) is 23.1 Å². The molecule has 4 N–H and O–H groups in total. The molecule has 0 spiro atoms. The number of rotatable bonds is 12. The number of carbonyl (C=O) groups excluding carboxylic acids is 2. The summed E-state index contributed by atoms with van der Waals surface area (Å²) in [5, 5.41) is 6.36. The van der Waals surface area contributed by atoms with Gasteiger partial charge in [0.25, 0.3) is 0 Å². The fraction of sp³-hybridized carbons (Fsp3) is 0.610. The third kappa shape index (κ3) is 9.57. The maximum absolute atomic E-state index is 12.8. The molecule has 0 aromatic heterocycles. The highest BCUT2D eigenvalue weighted by atomic mass is 16.2. The lowest BCUT2D eigenvalue weighted by atomic mass is 9.68. The van der Waals surface area contributed by atoms with Crippen molar-refractivity contribution in [3.63, 3.8) is 0 Å². The van der Waals surface area contributed by atoms with Crippen molar-refractivity contribution in [1.82, 2.24) is 10.6 Å². The minimum atomic E-state index is 0.00631. The van der Waals surface area contributed by atoms with Gasteiger partial charge < -0.3 is 20.4 Å². The molecule has 6 nitrogen and oxygen atoms in total. The molecule has 0 aromatic rings. The summed E-state index contributed by atoms with van der Waals surface area (Å²) in [5.74, 6) is 1.62. The molecule has 0 bridgehead atoms. The van der Waals surface area contributed by atoms with Crippen LogP contribution in [0.1, 0.15) is 86.0 Å². The summed E-state index contributed by atoms with van der Waals surface area (Å²) >= 11 is 0. The van der Waals surface area contributed by atoms with E-state index in [0.717, 1.165) is 49.2 Å². The lowest BCUT2D eigenvalue weighted by Gasteiger charge is -2.36. The number of allylic oxidation sites excluding steroid dienone is 12. The first-order chi connectivity index (χ1) is 22.6. The molecule has 4 aliphatic heterocycles. The van der Waals surface area contributed by atoms with Crippen molar-refractivity contribution >= 4 is 11.8 Å². The van der Waals surface area contributed by atoms with Crippen molar-refractivity contribution in [3.8, 4) is 0 Å². The van der Waals surface area contributed by atoms with Gasteiger partial charge in [0, 0.05) is 81.0 Å². The molecule has 4 fully saturated rings. The van der Waals surface area contributed by atoms with Crippen LogP contribution in [0.5, 0.6) is 0 Å². The molecule has 5 aliphatic rings. The van der Waals surface area contributed by atoms with Gasteiger partial charge in [-0.1, -0.05) is 78.3 Å². The Morgan fingerprint density at radius 2 is 1.49 bits per heavy atom. The van der Waals surface area contributed by atoms with Crippen LogP contribution in [0.4, 0.5) is 0 Å². The molecule has 256 valence electrons. The first-order valence-corrected chi connectivity index (χ1v) is 18.6. The van der Waals surface area contributed by atoms with Crippen LogP contribution in [-0.4, -0.2) is 63.2 Å². The van der Waals surface area contributed by atoms with E-state index in [0.29, 0.717) is 11.8 Å². The topological polar surface area (TPSA) is 67.1 Å². The van der Waals surface area contributed by atoms with Crippen molar-refractivity contribution in [2.45, 2.75) is 98.1 Å². The first-order valence-electron chi connectivity index (χ1n) is 18.6. The van der Waals surface area contributed by atoms with Crippen LogP contribution in [0.25, 0.3) is 0 Å². The average molecular weight is 643 g/mol. The van der Waals surface area contributed by atoms with Gasteiger partial charge in [-0.05, 0) is 46.0 Å². The summed E-state index contributed by atoms with van der Waals surface area (Å²) in [4.78, 5) is 28.8. The standard InChI is InChI=1S/C41H60N4O2/c1-30(15-16-39(46)42-28-34-18-24-44-22-8-13-37(34)44)11-7-20-41(5)21-17-32(3)27-36(41)26-31(2)10-6-12-33(4)40(47)43-29-35-19-25-45-23-9-14-38(35)45/h6-7,10-12,15-16,20,26-27,34-38H,8-9,13-14,17-19,21-25,28-29H2,1-5H3,(H,42,46)(H,43,47)/p+2/b10-6+,16-15+,20-7+,30-11+,31-26+,33-12+/t34?,35?,36-,37?,38?,41-/m0/s1. The van der Waals surface area contributed by atoms with Gasteiger partial charge in [0.05, 0.1) is 38.3 Å². The zero-order valence-electron chi connectivity index (χ0n) is 29.9. The van der Waals surface area contributed by atoms with Crippen molar-refractivity contribution in [2.24, 2.45) is 23.2 Å². The second-order valence-electron chi connectivity index (χ2n) is 15.6. The molecule has 2 amide bonds. The Morgan fingerprint density at radius 3 is 2.17 bits per heavy atom. The van der Waals surface area contributed by atoms with E-state index in [2.05, 4.69) is 74.8 Å². The highest BCUT2D eigenvalue weighted by molar-refractivity contribution is 5.93. The van der Waals surface area contributed by atoms with Crippen molar-refractivity contribution in [3.05, 3.63) is 83.1 Å². The van der Waals surface area contributed by atoms with Gasteiger partial charge in [-0.15, -0.1) is 0 Å². The second kappa shape index (κ2) is 16.4. The average Bonchev–Trinajstić information content (AvgIpc) is 3.84. The van der Waals surface area contributed by atoms with Crippen LogP contribution in [-0.2, 0) is 9.59 Å². The Morgan fingerprint density at radius 1 is 0.830 bits per heavy atom. The molecular formula is C41H62N4O2+2. The molecule has 5 rings (SSSR count). The third-order valence-corrected chi connectivity index (χ3v) is 12.1. The van der Waals surface area contributed by atoms with Gasteiger partial charge in [0.15, 0.2) is 0 Å². The minimum Gasteiger partial charge on any atom is -0.352 e. The number of quaternary nitrogens is 2. The predicted octanol–water partition coefficient (Wildman–Crippen LogP) is 4.22. The van der Waals surface area contributed by atoms with Crippen LogP contribution in [0.2, 0.25) is 0 Å². The van der Waals surface area contributed by atoms with E-state index in [1.807, 2.05) is 25.2 Å². The number of amides is 2. The summed E-state index contributed by atoms with van der Waals surface area (Å²) in [6, 6.07) is 1.51. The highest BCUT2D eigenvalue weighted by Crippen LogP contribution is 2.42. The lowest BCUT2D eigenvalue weighted by Crippen LogP contribution is -3.11. The summed E-state index contributed by atoms with van der Waals surface area (Å²) in [6.45, 7) is 17.5. The van der Waals surface area contributed by atoms with E-state index in [4.69, 9.17) is 0 Å². The summed E-state index contributed by atoms with van der Waals surface area (Å²) in [6.07, 6.45) is 31.0. The summed E-state index contributed by atoms with van der Waals surface area (Å²) in [5.41, 5.74) is 4.46. The van der Waals surface area contributed by atoms with Gasteiger partial charge >= 0.3 is 0 Å². The third-order valence-electron chi connectivity index (χ3n) is 12.1. The Balaban J connectivity index is 1.10. The first kappa shape index (κ1) is 35.3. The zero-order valence-corrected chi connectivity index (χ0v) is 29.9. The number of carbonyl (C=O) groups is 2. The van der Waals surface area contributed by atoms with Crippen LogP contribution in [0.15, 0.2) is 83.1 Å². The Bertz CT molecular complexity index is 1350. The fourth-order valence-electron chi connectivity index (χ4n) is 9.01.